The number of rotatable bonds is 7. The molecule has 0 spiro atoms. The van der Waals surface area contributed by atoms with Gasteiger partial charge in [-0.1, -0.05) is 60.7 Å². The molecule has 126 valence electrons. The summed E-state index contributed by atoms with van der Waals surface area (Å²) in [5, 5.41) is 8.49. The van der Waals surface area contributed by atoms with E-state index in [1.807, 2.05) is 60.7 Å². The Balaban J connectivity index is 2.11. The molecule has 5 nitrogen and oxygen atoms in total. The molecule has 0 heterocycles. The van der Waals surface area contributed by atoms with Gasteiger partial charge in [0.15, 0.2) is 0 Å². The minimum Gasteiger partial charge on any atom is -0.358 e. The van der Waals surface area contributed by atoms with Crippen molar-refractivity contribution in [2.45, 2.75) is 19.0 Å². The highest BCUT2D eigenvalue weighted by Gasteiger charge is 2.20. The fourth-order valence-electron chi connectivity index (χ4n) is 2.34. The van der Waals surface area contributed by atoms with Crippen LogP contribution in [0.4, 0.5) is 0 Å². The zero-order valence-electron chi connectivity index (χ0n) is 14.0. The molecule has 0 aliphatic rings. The SMILES string of the molecule is CNC(=O)CN[C@H](C)C(=O)NC(c1ccccc1)c1ccccc1. The highest BCUT2D eigenvalue weighted by atomic mass is 16.2. The average Bonchev–Trinajstić information content (AvgIpc) is 2.65. The largest absolute Gasteiger partial charge is 0.358 e. The van der Waals surface area contributed by atoms with Gasteiger partial charge in [-0.2, -0.15) is 0 Å². The average molecular weight is 325 g/mol. The summed E-state index contributed by atoms with van der Waals surface area (Å²) in [5.41, 5.74) is 2.02. The third-order valence-corrected chi connectivity index (χ3v) is 3.79. The summed E-state index contributed by atoms with van der Waals surface area (Å²) in [6, 6.07) is 18.9. The van der Waals surface area contributed by atoms with E-state index in [0.717, 1.165) is 11.1 Å². The van der Waals surface area contributed by atoms with Crippen LogP contribution in [0.2, 0.25) is 0 Å². The molecule has 0 unspecified atom stereocenters. The molecule has 0 bridgehead atoms. The van der Waals surface area contributed by atoms with Gasteiger partial charge >= 0.3 is 0 Å². The van der Waals surface area contributed by atoms with E-state index < -0.39 is 6.04 Å². The zero-order chi connectivity index (χ0) is 17.4. The molecule has 0 radical (unpaired) electrons. The Morgan fingerprint density at radius 2 is 1.42 bits per heavy atom. The molecule has 3 N–H and O–H groups in total. The first-order chi connectivity index (χ1) is 11.6. The highest BCUT2D eigenvalue weighted by Crippen LogP contribution is 2.21. The summed E-state index contributed by atoms with van der Waals surface area (Å²) in [7, 11) is 1.57. The lowest BCUT2D eigenvalue weighted by Gasteiger charge is -2.22. The maximum Gasteiger partial charge on any atom is 0.237 e. The third kappa shape index (κ3) is 4.93. The molecule has 2 rings (SSSR count). The molecule has 2 aromatic rings. The predicted molar refractivity (Wildman–Crippen MR) is 94.4 cm³/mol. The molecule has 24 heavy (non-hydrogen) atoms. The van der Waals surface area contributed by atoms with Gasteiger partial charge in [-0.25, -0.2) is 0 Å². The fourth-order valence-corrected chi connectivity index (χ4v) is 2.34. The van der Waals surface area contributed by atoms with Gasteiger partial charge in [0.25, 0.3) is 0 Å². The van der Waals surface area contributed by atoms with E-state index >= 15 is 0 Å². The normalized spacial score (nSPS) is 11.8. The van der Waals surface area contributed by atoms with Crippen LogP contribution in [0.5, 0.6) is 0 Å². The van der Waals surface area contributed by atoms with E-state index in [9.17, 15) is 9.59 Å². The Morgan fingerprint density at radius 1 is 0.917 bits per heavy atom. The van der Waals surface area contributed by atoms with Gasteiger partial charge in [-0.3, -0.25) is 14.9 Å². The van der Waals surface area contributed by atoms with E-state index in [1.165, 1.54) is 0 Å². The Morgan fingerprint density at radius 3 is 1.88 bits per heavy atom. The van der Waals surface area contributed by atoms with Crippen molar-refractivity contribution in [3.05, 3.63) is 71.8 Å². The summed E-state index contributed by atoms with van der Waals surface area (Å²) in [5.74, 6) is -0.311. The molecule has 2 amide bonds. The minimum absolute atomic E-state index is 0.104. The second-order valence-corrected chi connectivity index (χ2v) is 5.54. The van der Waals surface area contributed by atoms with Crippen molar-refractivity contribution in [2.24, 2.45) is 0 Å². The number of carbonyl (C=O) groups is 2. The predicted octanol–water partition coefficient (Wildman–Crippen LogP) is 1.62. The number of amides is 2. The van der Waals surface area contributed by atoms with Gasteiger partial charge in [0, 0.05) is 7.05 Å². The van der Waals surface area contributed by atoms with E-state index in [-0.39, 0.29) is 24.4 Å². The van der Waals surface area contributed by atoms with Gasteiger partial charge in [0.1, 0.15) is 0 Å². The number of benzene rings is 2. The van der Waals surface area contributed by atoms with Crippen LogP contribution in [0.25, 0.3) is 0 Å². The smallest absolute Gasteiger partial charge is 0.237 e. The minimum atomic E-state index is -0.475. The van der Waals surface area contributed by atoms with Gasteiger partial charge < -0.3 is 10.6 Å². The zero-order valence-corrected chi connectivity index (χ0v) is 14.0. The molecule has 5 heteroatoms. The van der Waals surface area contributed by atoms with Crippen molar-refractivity contribution < 1.29 is 9.59 Å². The summed E-state index contributed by atoms with van der Waals surface area (Å²) >= 11 is 0. The quantitative estimate of drug-likeness (QED) is 0.724. The summed E-state index contributed by atoms with van der Waals surface area (Å²) in [6.45, 7) is 1.84. The molecule has 0 aromatic heterocycles. The fraction of sp³-hybridized carbons (Fsp3) is 0.263. The number of carbonyl (C=O) groups excluding carboxylic acids is 2. The van der Waals surface area contributed by atoms with Crippen LogP contribution in [0, 0.1) is 0 Å². The monoisotopic (exact) mass is 325 g/mol. The van der Waals surface area contributed by atoms with Gasteiger partial charge in [0.05, 0.1) is 18.6 Å². The van der Waals surface area contributed by atoms with Gasteiger partial charge in [0.2, 0.25) is 11.8 Å². The maximum absolute atomic E-state index is 12.5. The van der Waals surface area contributed by atoms with E-state index in [4.69, 9.17) is 0 Å². The van der Waals surface area contributed by atoms with Crippen molar-refractivity contribution in [3.8, 4) is 0 Å². The third-order valence-electron chi connectivity index (χ3n) is 3.79. The molecule has 0 aliphatic heterocycles. The molecular formula is C19H23N3O2. The van der Waals surface area contributed by atoms with Gasteiger partial charge in [-0.15, -0.1) is 0 Å². The van der Waals surface area contributed by atoms with Crippen LogP contribution >= 0.6 is 0 Å². The number of nitrogens with one attached hydrogen (secondary N) is 3. The second-order valence-electron chi connectivity index (χ2n) is 5.54. The first-order valence-corrected chi connectivity index (χ1v) is 7.96. The molecule has 0 fully saturated rings. The molecule has 0 saturated heterocycles. The first-order valence-electron chi connectivity index (χ1n) is 7.96. The van der Waals surface area contributed by atoms with Crippen LogP contribution in [-0.2, 0) is 9.59 Å². The standard InChI is InChI=1S/C19H23N3O2/c1-14(21-13-17(23)20-2)19(24)22-18(15-9-5-3-6-10-15)16-11-7-4-8-12-16/h3-12,14,18,21H,13H2,1-2H3,(H,20,23)(H,22,24)/t14-/m1/s1. The lowest BCUT2D eigenvalue weighted by atomic mass is 9.98. The summed E-state index contributed by atoms with van der Waals surface area (Å²) in [4.78, 5) is 23.8. The van der Waals surface area contributed by atoms with Crippen molar-refractivity contribution in [2.75, 3.05) is 13.6 Å². The van der Waals surface area contributed by atoms with Crippen LogP contribution < -0.4 is 16.0 Å². The Hall–Kier alpha value is -2.66. The number of hydrogen-bond acceptors (Lipinski definition) is 3. The van der Waals surface area contributed by atoms with E-state index in [0.29, 0.717) is 0 Å². The van der Waals surface area contributed by atoms with Gasteiger partial charge in [-0.05, 0) is 18.1 Å². The van der Waals surface area contributed by atoms with Crippen LogP contribution in [-0.4, -0.2) is 31.4 Å². The van der Waals surface area contributed by atoms with Crippen LogP contribution in [0.15, 0.2) is 60.7 Å². The molecular weight excluding hydrogens is 302 g/mol. The second kappa shape index (κ2) is 8.84. The van der Waals surface area contributed by atoms with Crippen LogP contribution in [0.1, 0.15) is 24.1 Å². The van der Waals surface area contributed by atoms with E-state index in [2.05, 4.69) is 16.0 Å². The molecule has 2 aromatic carbocycles. The lowest BCUT2D eigenvalue weighted by Crippen LogP contribution is -2.46. The lowest BCUT2D eigenvalue weighted by molar-refractivity contribution is -0.123. The van der Waals surface area contributed by atoms with Crippen molar-refractivity contribution >= 4 is 11.8 Å². The van der Waals surface area contributed by atoms with Crippen LogP contribution in [0.3, 0.4) is 0 Å². The molecule has 0 saturated carbocycles. The van der Waals surface area contributed by atoms with E-state index in [1.54, 1.807) is 14.0 Å². The number of likely N-dealkylation sites (N-methyl/N-ethyl adjacent to an activating group) is 1. The topological polar surface area (TPSA) is 70.2 Å². The Labute approximate surface area is 142 Å². The first kappa shape index (κ1) is 17.7. The summed E-state index contributed by atoms with van der Waals surface area (Å²) in [6.07, 6.45) is 0. The summed E-state index contributed by atoms with van der Waals surface area (Å²) < 4.78 is 0. The Kier molecular flexibility index (Phi) is 6.51. The van der Waals surface area contributed by atoms with Crippen molar-refractivity contribution in [3.63, 3.8) is 0 Å². The molecule has 0 aliphatic carbocycles. The highest BCUT2D eigenvalue weighted by molar-refractivity contribution is 5.83. The van der Waals surface area contributed by atoms with Crippen molar-refractivity contribution in [1.29, 1.82) is 0 Å². The van der Waals surface area contributed by atoms with Crippen molar-refractivity contribution in [1.82, 2.24) is 16.0 Å². The number of hydrogen-bond donors (Lipinski definition) is 3. The maximum atomic E-state index is 12.5. The molecule has 1 atom stereocenters. The Bertz CT molecular complexity index is 619.